The molecule has 3 N–H and O–H groups in total. The Kier molecular flexibility index (Phi) is 6.28. The highest BCUT2D eigenvalue weighted by molar-refractivity contribution is 5.84. The van der Waals surface area contributed by atoms with Crippen LogP contribution in [0.4, 0.5) is 0 Å². The fourth-order valence-corrected chi connectivity index (χ4v) is 2.01. The maximum atomic E-state index is 11.7. The maximum absolute atomic E-state index is 11.7. The van der Waals surface area contributed by atoms with Crippen LogP contribution in [0.5, 0.6) is 0 Å². The zero-order valence-electron chi connectivity index (χ0n) is 11.3. The first-order chi connectivity index (χ1) is 9.36. The van der Waals surface area contributed by atoms with E-state index < -0.39 is 30.6 Å². The number of carbonyl (C=O) groups is 2. The fourth-order valence-electron chi connectivity index (χ4n) is 2.01. The highest BCUT2D eigenvalue weighted by atomic mass is 16.6. The molecule has 7 nitrogen and oxygen atoms in total. The molecule has 5 atom stereocenters. The van der Waals surface area contributed by atoms with Crippen molar-refractivity contribution < 1.29 is 34.4 Å². The summed E-state index contributed by atoms with van der Waals surface area (Å²) in [6, 6.07) is 0. The van der Waals surface area contributed by atoms with E-state index in [9.17, 15) is 24.9 Å². The summed E-state index contributed by atoms with van der Waals surface area (Å²) >= 11 is 0. The Morgan fingerprint density at radius 1 is 1.55 bits per heavy atom. The van der Waals surface area contributed by atoms with E-state index in [1.54, 1.807) is 6.08 Å². The topological polar surface area (TPSA) is 113 Å². The second-order valence-corrected chi connectivity index (χ2v) is 4.69. The molecule has 2 unspecified atom stereocenters. The summed E-state index contributed by atoms with van der Waals surface area (Å²) < 4.78 is 9.75. The van der Waals surface area contributed by atoms with Gasteiger partial charge in [-0.1, -0.05) is 6.08 Å². The van der Waals surface area contributed by atoms with Crippen LogP contribution in [0, 0.1) is 0 Å². The second-order valence-electron chi connectivity index (χ2n) is 4.69. The third-order valence-corrected chi connectivity index (χ3v) is 3.04. The van der Waals surface area contributed by atoms with Crippen molar-refractivity contribution in [3.63, 3.8) is 0 Å². The van der Waals surface area contributed by atoms with Crippen molar-refractivity contribution in [3.8, 4) is 0 Å². The standard InChI is InChI=1S/C13H20O7/c1-3-4-8-5-6-9(15)12(20-8)10(16)11(17)13(18)19-7(2)14/h3,8,10-13,16-18H,1,4-6H2,2H3/t8-,10+,11?,12+,13?/m1/s1. The summed E-state index contributed by atoms with van der Waals surface area (Å²) in [7, 11) is 0. The van der Waals surface area contributed by atoms with E-state index in [1.807, 2.05) is 0 Å². The van der Waals surface area contributed by atoms with E-state index in [-0.39, 0.29) is 18.3 Å². The Hall–Kier alpha value is -1.28. The predicted molar refractivity (Wildman–Crippen MR) is 67.5 cm³/mol. The van der Waals surface area contributed by atoms with Crippen molar-refractivity contribution in [2.75, 3.05) is 0 Å². The highest BCUT2D eigenvalue weighted by Gasteiger charge is 2.40. The molecule has 114 valence electrons. The number of carbonyl (C=O) groups excluding carboxylic acids is 2. The third kappa shape index (κ3) is 4.38. The van der Waals surface area contributed by atoms with Gasteiger partial charge in [0.05, 0.1) is 6.10 Å². The van der Waals surface area contributed by atoms with E-state index in [0.717, 1.165) is 6.92 Å². The van der Waals surface area contributed by atoms with Gasteiger partial charge in [-0.05, 0) is 12.8 Å². The van der Waals surface area contributed by atoms with Gasteiger partial charge in [0, 0.05) is 13.3 Å². The summed E-state index contributed by atoms with van der Waals surface area (Å²) in [5.74, 6) is -1.18. The summed E-state index contributed by atoms with van der Waals surface area (Å²) in [5.41, 5.74) is 0. The molecule has 7 heteroatoms. The van der Waals surface area contributed by atoms with Crippen LogP contribution in [-0.2, 0) is 19.1 Å². The summed E-state index contributed by atoms with van der Waals surface area (Å²) in [5, 5.41) is 29.0. The number of hydrogen-bond acceptors (Lipinski definition) is 7. The quantitative estimate of drug-likeness (QED) is 0.336. The molecule has 0 aromatic rings. The Bertz CT molecular complexity index is 368. The Morgan fingerprint density at radius 2 is 2.20 bits per heavy atom. The van der Waals surface area contributed by atoms with Crippen molar-refractivity contribution in [3.05, 3.63) is 12.7 Å². The molecule has 0 aromatic carbocycles. The molecule has 0 amide bonds. The molecule has 0 aromatic heterocycles. The fraction of sp³-hybridized carbons (Fsp3) is 0.692. The first-order valence-electron chi connectivity index (χ1n) is 6.37. The van der Waals surface area contributed by atoms with Gasteiger partial charge in [0.1, 0.15) is 18.3 Å². The molecule has 1 saturated heterocycles. The summed E-state index contributed by atoms with van der Waals surface area (Å²) in [6.45, 7) is 4.61. The SMILES string of the molecule is C=CC[C@@H]1CCC(=O)[C@@H]([C@@H](O)C(O)C(O)OC(C)=O)O1. The number of ether oxygens (including phenoxy) is 2. The Labute approximate surface area is 116 Å². The van der Waals surface area contributed by atoms with Crippen LogP contribution in [0.3, 0.4) is 0 Å². The van der Waals surface area contributed by atoms with Gasteiger partial charge < -0.3 is 24.8 Å². The minimum absolute atomic E-state index is 0.205. The minimum Gasteiger partial charge on any atom is -0.433 e. The lowest BCUT2D eigenvalue weighted by Gasteiger charge is -2.34. The van der Waals surface area contributed by atoms with Crippen LogP contribution in [0.1, 0.15) is 26.2 Å². The van der Waals surface area contributed by atoms with Crippen molar-refractivity contribution in [1.29, 1.82) is 0 Å². The average molecular weight is 288 g/mol. The van der Waals surface area contributed by atoms with E-state index in [0.29, 0.717) is 12.8 Å². The van der Waals surface area contributed by atoms with E-state index in [1.165, 1.54) is 0 Å². The summed E-state index contributed by atoms with van der Waals surface area (Å²) in [6.07, 6.45) is -4.09. The molecule has 0 aliphatic carbocycles. The van der Waals surface area contributed by atoms with Crippen LogP contribution in [0.2, 0.25) is 0 Å². The number of Topliss-reactive ketones (excluding diaryl/α,β-unsaturated/α-hetero) is 1. The molecule has 1 rings (SSSR count). The van der Waals surface area contributed by atoms with Crippen LogP contribution in [0.25, 0.3) is 0 Å². The normalized spacial score (nSPS) is 27.5. The van der Waals surface area contributed by atoms with Crippen LogP contribution in [-0.4, -0.2) is 57.8 Å². The molecular weight excluding hydrogens is 268 g/mol. The van der Waals surface area contributed by atoms with Gasteiger partial charge in [0.2, 0.25) is 6.29 Å². The zero-order chi connectivity index (χ0) is 15.3. The van der Waals surface area contributed by atoms with Crippen molar-refractivity contribution in [2.24, 2.45) is 0 Å². The lowest BCUT2D eigenvalue weighted by molar-refractivity contribution is -0.214. The van der Waals surface area contributed by atoms with E-state index in [4.69, 9.17) is 4.74 Å². The first-order valence-corrected chi connectivity index (χ1v) is 6.37. The molecule has 0 spiro atoms. The van der Waals surface area contributed by atoms with E-state index in [2.05, 4.69) is 11.3 Å². The maximum Gasteiger partial charge on any atom is 0.305 e. The number of aliphatic hydroxyl groups is 3. The van der Waals surface area contributed by atoms with E-state index >= 15 is 0 Å². The van der Waals surface area contributed by atoms with Crippen molar-refractivity contribution in [1.82, 2.24) is 0 Å². The number of rotatable bonds is 6. The molecule has 0 radical (unpaired) electrons. The third-order valence-electron chi connectivity index (χ3n) is 3.04. The number of esters is 1. The van der Waals surface area contributed by atoms with Gasteiger partial charge in [0.15, 0.2) is 5.78 Å². The molecule has 0 bridgehead atoms. The average Bonchev–Trinajstić information content (AvgIpc) is 2.38. The molecule has 1 fully saturated rings. The highest BCUT2D eigenvalue weighted by Crippen LogP contribution is 2.23. The Morgan fingerprint density at radius 3 is 2.75 bits per heavy atom. The first kappa shape index (κ1) is 16.8. The number of aliphatic hydroxyl groups excluding tert-OH is 3. The van der Waals surface area contributed by atoms with Gasteiger partial charge in [-0.3, -0.25) is 9.59 Å². The molecule has 1 aliphatic rings. The van der Waals surface area contributed by atoms with Crippen LogP contribution >= 0.6 is 0 Å². The molecule has 0 saturated carbocycles. The van der Waals surface area contributed by atoms with Gasteiger partial charge in [-0.2, -0.15) is 0 Å². The smallest absolute Gasteiger partial charge is 0.305 e. The van der Waals surface area contributed by atoms with Gasteiger partial charge in [-0.15, -0.1) is 6.58 Å². The predicted octanol–water partition coefficient (Wildman–Crippen LogP) is -0.718. The minimum atomic E-state index is -1.92. The van der Waals surface area contributed by atoms with Gasteiger partial charge in [0.25, 0.3) is 0 Å². The molecule has 1 heterocycles. The number of ketones is 1. The van der Waals surface area contributed by atoms with Crippen LogP contribution in [0.15, 0.2) is 12.7 Å². The molecule has 20 heavy (non-hydrogen) atoms. The lowest BCUT2D eigenvalue weighted by Crippen LogP contribution is -2.52. The zero-order valence-corrected chi connectivity index (χ0v) is 11.3. The monoisotopic (exact) mass is 288 g/mol. The molecule has 1 aliphatic heterocycles. The Balaban J connectivity index is 2.67. The second kappa shape index (κ2) is 7.49. The summed E-state index contributed by atoms with van der Waals surface area (Å²) in [4.78, 5) is 22.4. The van der Waals surface area contributed by atoms with Crippen molar-refractivity contribution >= 4 is 11.8 Å². The van der Waals surface area contributed by atoms with Crippen molar-refractivity contribution in [2.45, 2.75) is 56.9 Å². The lowest BCUT2D eigenvalue weighted by atomic mass is 9.95. The number of hydrogen-bond donors (Lipinski definition) is 3. The van der Waals surface area contributed by atoms with Crippen LogP contribution < -0.4 is 0 Å². The largest absolute Gasteiger partial charge is 0.433 e. The molecular formula is C13H20O7. The van der Waals surface area contributed by atoms with Gasteiger partial charge in [-0.25, -0.2) is 0 Å². The van der Waals surface area contributed by atoms with Gasteiger partial charge >= 0.3 is 5.97 Å².